The van der Waals surface area contributed by atoms with Gasteiger partial charge in [0.1, 0.15) is 0 Å². The largest absolute Gasteiger partial charge is 0.391 e. The second-order valence-corrected chi connectivity index (χ2v) is 5.63. The van der Waals surface area contributed by atoms with E-state index in [2.05, 4.69) is 15.7 Å². The van der Waals surface area contributed by atoms with Crippen LogP contribution in [0.2, 0.25) is 0 Å². The Labute approximate surface area is 130 Å². The van der Waals surface area contributed by atoms with E-state index in [9.17, 15) is 9.90 Å². The zero-order valence-electron chi connectivity index (χ0n) is 13.1. The summed E-state index contributed by atoms with van der Waals surface area (Å²) in [7, 11) is 1.84. The summed E-state index contributed by atoms with van der Waals surface area (Å²) in [4.78, 5) is 12.1. The van der Waals surface area contributed by atoms with E-state index in [1.54, 1.807) is 23.0 Å². The first kappa shape index (κ1) is 16.0. The van der Waals surface area contributed by atoms with Gasteiger partial charge in [0.05, 0.1) is 18.0 Å². The van der Waals surface area contributed by atoms with Crippen molar-refractivity contribution in [2.24, 2.45) is 13.0 Å². The van der Waals surface area contributed by atoms with E-state index in [0.29, 0.717) is 5.56 Å². The van der Waals surface area contributed by atoms with Crippen molar-refractivity contribution in [2.75, 3.05) is 11.9 Å². The van der Waals surface area contributed by atoms with Crippen LogP contribution in [0.15, 0.2) is 36.7 Å². The third-order valence-electron chi connectivity index (χ3n) is 3.36. The van der Waals surface area contributed by atoms with Crippen molar-refractivity contribution < 1.29 is 9.90 Å². The van der Waals surface area contributed by atoms with Crippen LogP contribution in [0, 0.1) is 5.92 Å². The van der Waals surface area contributed by atoms with Crippen LogP contribution in [-0.4, -0.2) is 33.4 Å². The molecule has 0 saturated heterocycles. The Bertz CT molecular complexity index is 637. The number of nitrogens with zero attached hydrogens (tertiary/aromatic N) is 2. The maximum Gasteiger partial charge on any atom is 0.251 e. The predicted molar refractivity (Wildman–Crippen MR) is 86.1 cm³/mol. The summed E-state index contributed by atoms with van der Waals surface area (Å²) in [6, 6.07) is 7.20. The molecule has 1 aromatic heterocycles. The van der Waals surface area contributed by atoms with E-state index in [-0.39, 0.29) is 18.4 Å². The van der Waals surface area contributed by atoms with Gasteiger partial charge in [0.25, 0.3) is 5.91 Å². The minimum Gasteiger partial charge on any atom is -0.391 e. The van der Waals surface area contributed by atoms with Gasteiger partial charge >= 0.3 is 0 Å². The van der Waals surface area contributed by atoms with Gasteiger partial charge in [0.2, 0.25) is 0 Å². The van der Waals surface area contributed by atoms with Crippen LogP contribution in [0.1, 0.15) is 24.2 Å². The van der Waals surface area contributed by atoms with Gasteiger partial charge in [0, 0.05) is 31.0 Å². The Morgan fingerprint density at radius 2 is 2.14 bits per heavy atom. The molecule has 0 aliphatic rings. The molecule has 0 aliphatic carbocycles. The first-order chi connectivity index (χ1) is 10.5. The smallest absolute Gasteiger partial charge is 0.251 e. The fourth-order valence-electron chi connectivity index (χ4n) is 1.93. The summed E-state index contributed by atoms with van der Waals surface area (Å²) in [6.45, 7) is 4.07. The number of aryl methyl sites for hydroxylation is 1. The third kappa shape index (κ3) is 4.33. The van der Waals surface area contributed by atoms with Gasteiger partial charge in [-0.2, -0.15) is 5.10 Å². The van der Waals surface area contributed by atoms with Crippen molar-refractivity contribution in [1.29, 1.82) is 0 Å². The highest BCUT2D eigenvalue weighted by Gasteiger charge is 2.12. The van der Waals surface area contributed by atoms with Crippen molar-refractivity contribution in [3.63, 3.8) is 0 Å². The Kier molecular flexibility index (Phi) is 5.16. The summed E-state index contributed by atoms with van der Waals surface area (Å²) < 4.78 is 1.70. The average Bonchev–Trinajstić information content (AvgIpc) is 2.89. The molecule has 1 amide bonds. The van der Waals surface area contributed by atoms with Gasteiger partial charge in [-0.3, -0.25) is 9.48 Å². The Hall–Kier alpha value is -2.34. The molecular weight excluding hydrogens is 280 g/mol. The van der Waals surface area contributed by atoms with Gasteiger partial charge in [0.15, 0.2) is 0 Å². The third-order valence-corrected chi connectivity index (χ3v) is 3.36. The average molecular weight is 302 g/mol. The zero-order valence-corrected chi connectivity index (χ0v) is 13.1. The Morgan fingerprint density at radius 3 is 2.77 bits per heavy atom. The summed E-state index contributed by atoms with van der Waals surface area (Å²) in [6.07, 6.45) is 3.03. The SMILES string of the molecule is CC(C)C(O)CNC(=O)c1cccc(Nc2cnn(C)c2)c1. The number of nitrogens with one attached hydrogen (secondary N) is 2. The van der Waals surface area contributed by atoms with E-state index in [4.69, 9.17) is 0 Å². The molecule has 22 heavy (non-hydrogen) atoms. The van der Waals surface area contributed by atoms with Gasteiger partial charge in [-0.25, -0.2) is 0 Å². The number of amides is 1. The molecule has 118 valence electrons. The minimum absolute atomic E-state index is 0.110. The van der Waals surface area contributed by atoms with Crippen LogP contribution in [0.5, 0.6) is 0 Å². The van der Waals surface area contributed by atoms with E-state index in [0.717, 1.165) is 11.4 Å². The quantitative estimate of drug-likeness (QED) is 0.761. The molecule has 1 unspecified atom stereocenters. The number of anilines is 2. The van der Waals surface area contributed by atoms with Crippen molar-refractivity contribution in [1.82, 2.24) is 15.1 Å². The molecule has 0 bridgehead atoms. The highest BCUT2D eigenvalue weighted by atomic mass is 16.3. The molecule has 0 aliphatic heterocycles. The fourth-order valence-corrected chi connectivity index (χ4v) is 1.93. The summed E-state index contributed by atoms with van der Waals surface area (Å²) >= 11 is 0. The molecule has 0 saturated carbocycles. The molecule has 0 radical (unpaired) electrons. The summed E-state index contributed by atoms with van der Waals surface area (Å²) in [5.41, 5.74) is 2.21. The van der Waals surface area contributed by atoms with Crippen LogP contribution in [0.4, 0.5) is 11.4 Å². The number of aromatic nitrogens is 2. The van der Waals surface area contributed by atoms with E-state index in [1.165, 1.54) is 0 Å². The number of aliphatic hydroxyl groups is 1. The monoisotopic (exact) mass is 302 g/mol. The van der Waals surface area contributed by atoms with Crippen molar-refractivity contribution in [2.45, 2.75) is 20.0 Å². The zero-order chi connectivity index (χ0) is 16.1. The minimum atomic E-state index is -0.541. The van der Waals surface area contributed by atoms with Crippen molar-refractivity contribution in [3.8, 4) is 0 Å². The molecule has 0 fully saturated rings. The first-order valence-electron chi connectivity index (χ1n) is 7.27. The summed E-state index contributed by atoms with van der Waals surface area (Å²) in [5.74, 6) is -0.0894. The molecule has 2 aromatic rings. The molecule has 2 rings (SSSR count). The van der Waals surface area contributed by atoms with E-state index in [1.807, 2.05) is 39.2 Å². The summed E-state index contributed by atoms with van der Waals surface area (Å²) in [5, 5.41) is 19.8. The molecule has 1 heterocycles. The van der Waals surface area contributed by atoms with Gasteiger partial charge in [-0.05, 0) is 24.1 Å². The normalized spacial score (nSPS) is 12.2. The van der Waals surface area contributed by atoms with Crippen LogP contribution < -0.4 is 10.6 Å². The highest BCUT2D eigenvalue weighted by molar-refractivity contribution is 5.95. The lowest BCUT2D eigenvalue weighted by molar-refractivity contribution is 0.0871. The van der Waals surface area contributed by atoms with Gasteiger partial charge in [-0.15, -0.1) is 0 Å². The number of aliphatic hydroxyl groups excluding tert-OH is 1. The molecule has 6 heteroatoms. The molecule has 0 spiro atoms. The number of carbonyl (C=O) groups is 1. The molecule has 3 N–H and O–H groups in total. The Balaban J connectivity index is 2.00. The number of carbonyl (C=O) groups excluding carboxylic acids is 1. The topological polar surface area (TPSA) is 79.2 Å². The van der Waals surface area contributed by atoms with Gasteiger partial charge < -0.3 is 15.7 Å². The van der Waals surface area contributed by atoms with Crippen LogP contribution in [0.3, 0.4) is 0 Å². The lowest BCUT2D eigenvalue weighted by Gasteiger charge is -2.15. The second-order valence-electron chi connectivity index (χ2n) is 5.63. The molecule has 1 atom stereocenters. The first-order valence-corrected chi connectivity index (χ1v) is 7.27. The lowest BCUT2D eigenvalue weighted by atomic mass is 10.1. The van der Waals surface area contributed by atoms with Crippen molar-refractivity contribution >= 4 is 17.3 Å². The maximum atomic E-state index is 12.1. The van der Waals surface area contributed by atoms with Crippen LogP contribution >= 0.6 is 0 Å². The standard InChI is InChI=1S/C16H22N4O2/c1-11(2)15(21)9-17-16(22)12-5-4-6-13(7-12)19-14-8-18-20(3)10-14/h4-8,10-11,15,19,21H,9H2,1-3H3,(H,17,22). The van der Waals surface area contributed by atoms with Crippen LogP contribution in [-0.2, 0) is 7.05 Å². The molecular formula is C16H22N4O2. The highest BCUT2D eigenvalue weighted by Crippen LogP contribution is 2.17. The maximum absolute atomic E-state index is 12.1. The number of rotatable bonds is 6. The predicted octanol–water partition coefficient (Wildman–Crippen LogP) is 1.91. The van der Waals surface area contributed by atoms with E-state index >= 15 is 0 Å². The number of hydrogen-bond donors (Lipinski definition) is 3. The van der Waals surface area contributed by atoms with Crippen molar-refractivity contribution in [3.05, 3.63) is 42.2 Å². The number of hydrogen-bond acceptors (Lipinski definition) is 4. The lowest BCUT2D eigenvalue weighted by Crippen LogP contribution is -2.34. The Morgan fingerprint density at radius 1 is 1.36 bits per heavy atom. The number of benzene rings is 1. The van der Waals surface area contributed by atoms with E-state index < -0.39 is 6.10 Å². The van der Waals surface area contributed by atoms with Crippen LogP contribution in [0.25, 0.3) is 0 Å². The van der Waals surface area contributed by atoms with Gasteiger partial charge in [-0.1, -0.05) is 19.9 Å². The second kappa shape index (κ2) is 7.09. The fraction of sp³-hybridized carbons (Fsp3) is 0.375. The molecule has 6 nitrogen and oxygen atoms in total. The molecule has 1 aromatic carbocycles.